The largest absolute Gasteiger partial charge is 0.371 e. The Balaban J connectivity index is 2.12. The van der Waals surface area contributed by atoms with E-state index in [9.17, 15) is 10.1 Å². The molecule has 1 fully saturated rings. The van der Waals surface area contributed by atoms with Crippen molar-refractivity contribution in [3.8, 4) is 0 Å². The van der Waals surface area contributed by atoms with Crippen molar-refractivity contribution in [3.05, 3.63) is 33.9 Å². The number of hydrogen-bond donors (Lipinski definition) is 0. The minimum atomic E-state index is -0.374. The van der Waals surface area contributed by atoms with Crippen molar-refractivity contribution < 1.29 is 4.92 Å². The van der Waals surface area contributed by atoms with Crippen LogP contribution in [0.2, 0.25) is 0 Å². The topological polar surface area (TPSA) is 49.6 Å². The van der Waals surface area contributed by atoms with Gasteiger partial charge in [-0.15, -0.1) is 11.6 Å². The zero-order valence-corrected chi connectivity index (χ0v) is 13.3. The first-order valence-corrected chi connectivity index (χ1v) is 7.88. The average Bonchev–Trinajstić information content (AvgIpc) is 2.53. The summed E-state index contributed by atoms with van der Waals surface area (Å²) in [6.07, 6.45) is 2.25. The van der Waals surface area contributed by atoms with Crippen LogP contribution in [0.3, 0.4) is 0 Å². The first-order chi connectivity index (χ1) is 10.1. The molecule has 1 heterocycles. The summed E-state index contributed by atoms with van der Waals surface area (Å²) in [6, 6.07) is 5.71. The summed E-state index contributed by atoms with van der Waals surface area (Å²) in [4.78, 5) is 15.3. The Morgan fingerprint density at radius 1 is 1.43 bits per heavy atom. The van der Waals surface area contributed by atoms with Gasteiger partial charge in [-0.25, -0.2) is 0 Å². The van der Waals surface area contributed by atoms with Gasteiger partial charge >= 0.3 is 0 Å². The summed E-state index contributed by atoms with van der Waals surface area (Å²) in [6.45, 7) is 5.51. The molecule has 0 aromatic heterocycles. The van der Waals surface area contributed by atoms with Crippen molar-refractivity contribution in [2.45, 2.75) is 31.7 Å². The molecule has 0 spiro atoms. The summed E-state index contributed by atoms with van der Waals surface area (Å²) in [5.74, 6) is 0.159. The number of likely N-dealkylation sites (tertiary alicyclic amines) is 1. The van der Waals surface area contributed by atoms with Crippen LogP contribution in [0.5, 0.6) is 0 Å². The minimum absolute atomic E-state index is 0.1000. The van der Waals surface area contributed by atoms with E-state index in [1.165, 1.54) is 0 Å². The van der Waals surface area contributed by atoms with Gasteiger partial charge in [-0.2, -0.15) is 0 Å². The van der Waals surface area contributed by atoms with Crippen molar-refractivity contribution in [2.75, 3.05) is 31.6 Å². The molecule has 5 nitrogen and oxygen atoms in total. The van der Waals surface area contributed by atoms with E-state index in [0.717, 1.165) is 38.2 Å². The monoisotopic (exact) mass is 311 g/mol. The molecule has 1 aliphatic rings. The van der Waals surface area contributed by atoms with Gasteiger partial charge in [-0.05, 0) is 31.5 Å². The van der Waals surface area contributed by atoms with E-state index in [1.807, 2.05) is 12.1 Å². The molecule has 0 atom stereocenters. The van der Waals surface area contributed by atoms with Gasteiger partial charge in [-0.1, -0.05) is 6.92 Å². The SMILES string of the molecule is CCN1CCC(N(C)c2ccc([N+](=O)[O-])c(CCl)c2)CC1. The third-order valence-corrected chi connectivity index (χ3v) is 4.65. The lowest BCUT2D eigenvalue weighted by Gasteiger charge is -2.37. The van der Waals surface area contributed by atoms with Crippen molar-refractivity contribution in [1.29, 1.82) is 0 Å². The van der Waals surface area contributed by atoms with Crippen molar-refractivity contribution in [1.82, 2.24) is 4.90 Å². The van der Waals surface area contributed by atoms with Gasteiger partial charge in [0.25, 0.3) is 5.69 Å². The minimum Gasteiger partial charge on any atom is -0.371 e. The Kier molecular flexibility index (Phi) is 5.42. The number of nitro benzene ring substituents is 1. The first kappa shape index (κ1) is 16.0. The van der Waals surface area contributed by atoms with Crippen molar-refractivity contribution >= 4 is 23.0 Å². The summed E-state index contributed by atoms with van der Waals surface area (Å²) in [5, 5.41) is 11.0. The summed E-state index contributed by atoms with van der Waals surface area (Å²) in [7, 11) is 2.06. The first-order valence-electron chi connectivity index (χ1n) is 7.35. The third kappa shape index (κ3) is 3.66. The number of rotatable bonds is 5. The van der Waals surface area contributed by atoms with Crippen molar-refractivity contribution in [2.24, 2.45) is 0 Å². The Labute approximate surface area is 130 Å². The van der Waals surface area contributed by atoms with E-state index in [-0.39, 0.29) is 16.5 Å². The smallest absolute Gasteiger partial charge is 0.273 e. The van der Waals surface area contributed by atoms with Crippen LogP contribution in [0.25, 0.3) is 0 Å². The number of halogens is 1. The normalized spacial score (nSPS) is 16.9. The van der Waals surface area contributed by atoms with Crippen LogP contribution in [-0.4, -0.2) is 42.5 Å². The highest BCUT2D eigenvalue weighted by molar-refractivity contribution is 6.17. The standard InChI is InChI=1S/C15H22ClN3O2/c1-3-18-8-6-13(7-9-18)17(2)14-4-5-15(19(20)21)12(10-14)11-16/h4-5,10,13H,3,6-9,11H2,1-2H3. The molecule has 1 aliphatic heterocycles. The number of hydrogen-bond acceptors (Lipinski definition) is 4. The predicted octanol–water partition coefficient (Wildman–Crippen LogP) is 3.25. The highest BCUT2D eigenvalue weighted by atomic mass is 35.5. The van der Waals surface area contributed by atoms with Crippen LogP contribution in [0.4, 0.5) is 11.4 Å². The second-order valence-electron chi connectivity index (χ2n) is 5.48. The Morgan fingerprint density at radius 2 is 2.10 bits per heavy atom. The van der Waals surface area contributed by atoms with E-state index in [2.05, 4.69) is 23.8 Å². The fraction of sp³-hybridized carbons (Fsp3) is 0.600. The summed E-state index contributed by atoms with van der Waals surface area (Å²) >= 11 is 5.85. The Hall–Kier alpha value is -1.33. The maximum atomic E-state index is 11.0. The summed E-state index contributed by atoms with van der Waals surface area (Å²) < 4.78 is 0. The molecule has 1 aromatic rings. The molecule has 0 radical (unpaired) electrons. The zero-order valence-electron chi connectivity index (χ0n) is 12.6. The molecule has 116 valence electrons. The van der Waals surface area contributed by atoms with Gasteiger partial charge in [0, 0.05) is 43.5 Å². The van der Waals surface area contributed by atoms with Crippen LogP contribution in [0.15, 0.2) is 18.2 Å². The summed E-state index contributed by atoms with van der Waals surface area (Å²) in [5.41, 5.74) is 1.69. The van der Waals surface area contributed by atoms with Gasteiger partial charge in [0.2, 0.25) is 0 Å². The average molecular weight is 312 g/mol. The number of anilines is 1. The molecule has 0 N–H and O–H groups in total. The van der Waals surface area contributed by atoms with Crippen LogP contribution in [0, 0.1) is 10.1 Å². The molecule has 0 saturated carbocycles. The second-order valence-corrected chi connectivity index (χ2v) is 5.75. The molecule has 1 aromatic carbocycles. The molecule has 2 rings (SSSR count). The molecule has 0 unspecified atom stereocenters. The van der Waals surface area contributed by atoms with Gasteiger partial charge in [-0.3, -0.25) is 10.1 Å². The van der Waals surface area contributed by atoms with E-state index in [1.54, 1.807) is 6.07 Å². The number of piperidine rings is 1. The number of alkyl halides is 1. The highest BCUT2D eigenvalue weighted by Gasteiger charge is 2.23. The van der Waals surface area contributed by atoms with E-state index < -0.39 is 0 Å². The Bertz CT molecular complexity index is 502. The van der Waals surface area contributed by atoms with Crippen LogP contribution < -0.4 is 4.90 Å². The molecule has 6 heteroatoms. The van der Waals surface area contributed by atoms with E-state index in [4.69, 9.17) is 11.6 Å². The number of nitro groups is 1. The quantitative estimate of drug-likeness (QED) is 0.476. The van der Waals surface area contributed by atoms with E-state index in [0.29, 0.717) is 11.6 Å². The van der Waals surface area contributed by atoms with Gasteiger partial charge < -0.3 is 9.80 Å². The Morgan fingerprint density at radius 3 is 2.62 bits per heavy atom. The molecular weight excluding hydrogens is 290 g/mol. The maximum Gasteiger partial charge on any atom is 0.273 e. The van der Waals surface area contributed by atoms with Crippen LogP contribution in [-0.2, 0) is 5.88 Å². The fourth-order valence-electron chi connectivity index (χ4n) is 2.91. The second kappa shape index (κ2) is 7.09. The highest BCUT2D eigenvalue weighted by Crippen LogP contribution is 2.28. The maximum absolute atomic E-state index is 11.0. The molecule has 0 aliphatic carbocycles. The lowest BCUT2D eigenvalue weighted by atomic mass is 10.0. The third-order valence-electron chi connectivity index (χ3n) is 4.36. The lowest BCUT2D eigenvalue weighted by molar-refractivity contribution is -0.385. The fourth-order valence-corrected chi connectivity index (χ4v) is 3.12. The van der Waals surface area contributed by atoms with E-state index >= 15 is 0 Å². The zero-order chi connectivity index (χ0) is 15.4. The predicted molar refractivity (Wildman–Crippen MR) is 86.2 cm³/mol. The number of benzene rings is 1. The van der Waals surface area contributed by atoms with Crippen LogP contribution in [0.1, 0.15) is 25.3 Å². The molecular formula is C15H22ClN3O2. The molecule has 1 saturated heterocycles. The molecule has 21 heavy (non-hydrogen) atoms. The van der Waals surface area contributed by atoms with Gasteiger partial charge in [0.05, 0.1) is 10.8 Å². The van der Waals surface area contributed by atoms with Gasteiger partial charge in [0.1, 0.15) is 0 Å². The molecule has 0 amide bonds. The molecule has 0 bridgehead atoms. The van der Waals surface area contributed by atoms with Crippen LogP contribution >= 0.6 is 11.6 Å². The van der Waals surface area contributed by atoms with Gasteiger partial charge in [0.15, 0.2) is 0 Å². The number of nitrogens with zero attached hydrogens (tertiary/aromatic N) is 3. The van der Waals surface area contributed by atoms with Crippen molar-refractivity contribution in [3.63, 3.8) is 0 Å². The lowest BCUT2D eigenvalue weighted by Crippen LogP contribution is -2.43.